The van der Waals surface area contributed by atoms with Crippen molar-refractivity contribution in [3.63, 3.8) is 0 Å². The van der Waals surface area contributed by atoms with E-state index >= 15 is 0 Å². The fourth-order valence-electron chi connectivity index (χ4n) is 3.46. The fourth-order valence-corrected chi connectivity index (χ4v) is 3.46. The highest BCUT2D eigenvalue weighted by atomic mass is 16.5. The van der Waals surface area contributed by atoms with Gasteiger partial charge in [0.2, 0.25) is 5.91 Å². The molecule has 1 aliphatic carbocycles. The number of ether oxygens (including phenoxy) is 2. The van der Waals surface area contributed by atoms with Gasteiger partial charge in [-0.25, -0.2) is 5.48 Å². The standard InChI is InChI=1S/C19H27NO5/c1-19(9-6-4-5-7-17(21)20-23)10-8-13-11-15(24-2)16(25-3)12-14(13)18(19)22/h11-12,23H,4-10H2,1-3H3,(H,20,21). The van der Waals surface area contributed by atoms with E-state index in [-0.39, 0.29) is 17.1 Å². The van der Waals surface area contributed by atoms with E-state index in [1.165, 1.54) is 0 Å². The molecule has 6 heteroatoms. The van der Waals surface area contributed by atoms with E-state index in [2.05, 4.69) is 0 Å². The van der Waals surface area contributed by atoms with Gasteiger partial charge < -0.3 is 9.47 Å². The van der Waals surface area contributed by atoms with Crippen LogP contribution in [0.3, 0.4) is 0 Å². The first-order chi connectivity index (χ1) is 11.9. The Kier molecular flexibility index (Phi) is 6.42. The first kappa shape index (κ1) is 19.2. The van der Waals surface area contributed by atoms with Crippen molar-refractivity contribution >= 4 is 11.7 Å². The van der Waals surface area contributed by atoms with Crippen molar-refractivity contribution < 1.29 is 24.3 Å². The molecule has 0 spiro atoms. The molecule has 0 aliphatic heterocycles. The van der Waals surface area contributed by atoms with Crippen molar-refractivity contribution in [2.24, 2.45) is 5.41 Å². The summed E-state index contributed by atoms with van der Waals surface area (Å²) >= 11 is 0. The van der Waals surface area contributed by atoms with Crippen molar-refractivity contribution in [3.8, 4) is 11.5 Å². The van der Waals surface area contributed by atoms with Crippen molar-refractivity contribution in [1.82, 2.24) is 5.48 Å². The molecule has 0 bridgehead atoms. The van der Waals surface area contributed by atoms with E-state index in [9.17, 15) is 9.59 Å². The number of hydrogen-bond donors (Lipinski definition) is 2. The molecule has 0 saturated carbocycles. The van der Waals surface area contributed by atoms with Crippen LogP contribution < -0.4 is 15.0 Å². The lowest BCUT2D eigenvalue weighted by atomic mass is 9.69. The van der Waals surface area contributed by atoms with Crippen LogP contribution in [-0.4, -0.2) is 31.1 Å². The quantitative estimate of drug-likeness (QED) is 0.427. The van der Waals surface area contributed by atoms with E-state index in [1.807, 2.05) is 13.0 Å². The number of carbonyl (C=O) groups is 2. The highest BCUT2D eigenvalue weighted by molar-refractivity contribution is 6.03. The topological polar surface area (TPSA) is 84.9 Å². The zero-order valence-electron chi connectivity index (χ0n) is 15.2. The minimum absolute atomic E-state index is 0.155. The van der Waals surface area contributed by atoms with E-state index in [4.69, 9.17) is 14.7 Å². The molecule has 6 nitrogen and oxygen atoms in total. The van der Waals surface area contributed by atoms with Crippen LogP contribution >= 0.6 is 0 Å². The SMILES string of the molecule is COc1cc2c(cc1OC)C(=O)C(C)(CCCCCC(=O)NO)CC2. The Balaban J connectivity index is 2.03. The molecular weight excluding hydrogens is 322 g/mol. The third kappa shape index (κ3) is 4.31. The molecule has 0 aromatic heterocycles. The van der Waals surface area contributed by atoms with Gasteiger partial charge in [0.25, 0.3) is 0 Å². The predicted octanol–water partition coefficient (Wildman–Crippen LogP) is 3.29. The number of carbonyl (C=O) groups excluding carboxylic acids is 2. The predicted molar refractivity (Wildman–Crippen MR) is 93.3 cm³/mol. The van der Waals surface area contributed by atoms with Gasteiger partial charge in [-0.3, -0.25) is 14.8 Å². The van der Waals surface area contributed by atoms with Crippen molar-refractivity contribution in [3.05, 3.63) is 23.3 Å². The first-order valence-electron chi connectivity index (χ1n) is 8.68. The fraction of sp³-hybridized carbons (Fsp3) is 0.579. The van der Waals surface area contributed by atoms with Crippen LogP contribution in [0.1, 0.15) is 61.4 Å². The van der Waals surface area contributed by atoms with Gasteiger partial charge in [-0.15, -0.1) is 0 Å². The molecule has 1 aromatic carbocycles. The van der Waals surface area contributed by atoms with E-state index < -0.39 is 0 Å². The molecule has 0 heterocycles. The van der Waals surface area contributed by atoms with Crippen LogP contribution in [0.15, 0.2) is 12.1 Å². The highest BCUT2D eigenvalue weighted by Gasteiger charge is 2.38. The first-order valence-corrected chi connectivity index (χ1v) is 8.68. The second kappa shape index (κ2) is 8.34. The summed E-state index contributed by atoms with van der Waals surface area (Å²) in [6.07, 6.45) is 5.19. The number of hydrogen-bond acceptors (Lipinski definition) is 5. The summed E-state index contributed by atoms with van der Waals surface area (Å²) in [5.41, 5.74) is 2.99. The highest BCUT2D eigenvalue weighted by Crippen LogP contribution is 2.42. The minimum atomic E-state index is -0.383. The summed E-state index contributed by atoms with van der Waals surface area (Å²) in [6.45, 7) is 2.02. The van der Waals surface area contributed by atoms with Crippen LogP contribution in [0, 0.1) is 5.41 Å². The average molecular weight is 349 g/mol. The van der Waals surface area contributed by atoms with E-state index in [0.717, 1.165) is 43.2 Å². The lowest BCUT2D eigenvalue weighted by Gasteiger charge is -2.34. The molecular formula is C19H27NO5. The molecule has 1 unspecified atom stereocenters. The maximum Gasteiger partial charge on any atom is 0.243 e. The third-order valence-corrected chi connectivity index (χ3v) is 5.11. The van der Waals surface area contributed by atoms with Crippen molar-refractivity contribution in [2.75, 3.05) is 14.2 Å². The Labute approximate surface area is 148 Å². The zero-order valence-corrected chi connectivity index (χ0v) is 15.2. The average Bonchev–Trinajstić information content (AvgIpc) is 2.63. The Morgan fingerprint density at radius 1 is 1.20 bits per heavy atom. The largest absolute Gasteiger partial charge is 0.493 e. The Morgan fingerprint density at radius 3 is 2.52 bits per heavy atom. The summed E-state index contributed by atoms with van der Waals surface area (Å²) in [5.74, 6) is 1.02. The number of methoxy groups -OCH3 is 2. The lowest BCUT2D eigenvalue weighted by molar-refractivity contribution is -0.129. The number of nitrogens with one attached hydrogen (secondary N) is 1. The molecule has 2 rings (SSSR count). The Bertz CT molecular complexity index is 643. The number of rotatable bonds is 8. The molecule has 138 valence electrons. The van der Waals surface area contributed by atoms with Gasteiger partial charge in [-0.2, -0.15) is 0 Å². The van der Waals surface area contributed by atoms with Gasteiger partial charge >= 0.3 is 0 Å². The minimum Gasteiger partial charge on any atom is -0.493 e. The monoisotopic (exact) mass is 349 g/mol. The molecule has 0 radical (unpaired) electrons. The van der Waals surface area contributed by atoms with Gasteiger partial charge in [-0.1, -0.05) is 19.8 Å². The lowest BCUT2D eigenvalue weighted by Crippen LogP contribution is -2.33. The zero-order chi connectivity index (χ0) is 18.4. The second-order valence-corrected chi connectivity index (χ2v) is 6.85. The number of aryl methyl sites for hydroxylation is 1. The van der Waals surface area contributed by atoms with Crippen LogP contribution in [0.4, 0.5) is 0 Å². The number of benzene rings is 1. The third-order valence-electron chi connectivity index (χ3n) is 5.11. The smallest absolute Gasteiger partial charge is 0.243 e. The molecule has 0 fully saturated rings. The van der Waals surface area contributed by atoms with Gasteiger partial charge in [0.1, 0.15) is 0 Å². The molecule has 25 heavy (non-hydrogen) atoms. The van der Waals surface area contributed by atoms with Gasteiger partial charge in [-0.05, 0) is 43.4 Å². The van der Waals surface area contributed by atoms with Crippen LogP contribution in [0.25, 0.3) is 0 Å². The normalized spacial score (nSPS) is 19.3. The Hall–Kier alpha value is -2.08. The van der Waals surface area contributed by atoms with E-state index in [1.54, 1.807) is 25.8 Å². The molecule has 1 aliphatic rings. The number of unbranched alkanes of at least 4 members (excludes halogenated alkanes) is 2. The number of fused-ring (bicyclic) bond motifs is 1. The number of hydroxylamine groups is 1. The summed E-state index contributed by atoms with van der Waals surface area (Å²) in [6, 6.07) is 3.69. The molecule has 2 N–H and O–H groups in total. The van der Waals surface area contributed by atoms with Crippen LogP contribution in [0.2, 0.25) is 0 Å². The van der Waals surface area contributed by atoms with Gasteiger partial charge in [0.05, 0.1) is 14.2 Å². The van der Waals surface area contributed by atoms with Gasteiger partial charge in [0, 0.05) is 17.4 Å². The van der Waals surface area contributed by atoms with Crippen molar-refractivity contribution in [2.45, 2.75) is 51.9 Å². The van der Waals surface area contributed by atoms with E-state index in [0.29, 0.717) is 24.3 Å². The molecule has 1 atom stereocenters. The number of ketones is 1. The number of Topliss-reactive ketones (excluding diaryl/α,β-unsaturated/α-hetero) is 1. The molecule has 1 aromatic rings. The van der Waals surface area contributed by atoms with Crippen LogP contribution in [-0.2, 0) is 11.2 Å². The summed E-state index contributed by atoms with van der Waals surface area (Å²) < 4.78 is 10.7. The second-order valence-electron chi connectivity index (χ2n) is 6.85. The maximum atomic E-state index is 13.0. The number of amides is 1. The van der Waals surface area contributed by atoms with Crippen LogP contribution in [0.5, 0.6) is 11.5 Å². The Morgan fingerprint density at radius 2 is 1.88 bits per heavy atom. The van der Waals surface area contributed by atoms with Gasteiger partial charge in [0.15, 0.2) is 17.3 Å². The van der Waals surface area contributed by atoms with Crippen molar-refractivity contribution in [1.29, 1.82) is 0 Å². The maximum absolute atomic E-state index is 13.0. The molecule has 1 amide bonds. The molecule has 0 saturated heterocycles. The summed E-state index contributed by atoms with van der Waals surface area (Å²) in [4.78, 5) is 24.0. The summed E-state index contributed by atoms with van der Waals surface area (Å²) in [5, 5.41) is 8.48. The summed E-state index contributed by atoms with van der Waals surface area (Å²) in [7, 11) is 3.16.